The third-order valence-electron chi connectivity index (χ3n) is 2.92. The lowest BCUT2D eigenvalue weighted by atomic mass is 10.1. The van der Waals surface area contributed by atoms with Gasteiger partial charge in [-0.1, -0.05) is 24.6 Å². The Morgan fingerprint density at radius 1 is 1.18 bits per heavy atom. The van der Waals surface area contributed by atoms with Gasteiger partial charge in [0, 0.05) is 17.3 Å². The lowest BCUT2D eigenvalue weighted by molar-refractivity contribution is -0.191. The predicted octanol–water partition coefficient (Wildman–Crippen LogP) is 2.93. The Labute approximate surface area is 128 Å². The third kappa shape index (κ3) is 5.23. The van der Waals surface area contributed by atoms with E-state index >= 15 is 0 Å². The zero-order valence-electron chi connectivity index (χ0n) is 12.4. The second-order valence-electron chi connectivity index (χ2n) is 4.65. The van der Waals surface area contributed by atoms with Crippen LogP contribution in [0.25, 0.3) is 0 Å². The number of carbonyl (C=O) groups is 1. The standard InChI is InChI=1S/C16H17NO2.CO2/c1-3-12-8-14(10-15(18)9-12)17-16(19)13-6-4-5-11(2)7-13;2-1-3/h4-10,18H,3H2,1-2H3,(H,17,19);. The lowest BCUT2D eigenvalue weighted by Gasteiger charge is -2.08. The number of hydrogen-bond acceptors (Lipinski definition) is 4. The first-order chi connectivity index (χ1) is 10.5. The summed E-state index contributed by atoms with van der Waals surface area (Å²) in [5.74, 6) is -0.00440. The van der Waals surface area contributed by atoms with Gasteiger partial charge in [0.25, 0.3) is 5.91 Å². The van der Waals surface area contributed by atoms with Crippen molar-refractivity contribution in [2.45, 2.75) is 20.3 Å². The van der Waals surface area contributed by atoms with Gasteiger partial charge in [-0.05, 0) is 43.2 Å². The Balaban J connectivity index is 0.000000745. The number of phenolic OH excluding ortho intramolecular Hbond substituents is 1. The summed E-state index contributed by atoms with van der Waals surface area (Å²) < 4.78 is 0. The maximum Gasteiger partial charge on any atom is 0.373 e. The number of nitrogens with one attached hydrogen (secondary N) is 1. The second kappa shape index (κ2) is 8.39. The molecule has 0 spiro atoms. The molecule has 0 aliphatic heterocycles. The van der Waals surface area contributed by atoms with Gasteiger partial charge in [0.2, 0.25) is 0 Å². The van der Waals surface area contributed by atoms with E-state index in [1.807, 2.05) is 38.1 Å². The fourth-order valence-electron chi connectivity index (χ4n) is 1.94. The topological polar surface area (TPSA) is 83.5 Å². The van der Waals surface area contributed by atoms with E-state index in [1.165, 1.54) is 0 Å². The van der Waals surface area contributed by atoms with Gasteiger partial charge in [-0.2, -0.15) is 9.59 Å². The van der Waals surface area contributed by atoms with E-state index in [1.54, 1.807) is 18.2 Å². The Hall–Kier alpha value is -2.91. The van der Waals surface area contributed by atoms with E-state index < -0.39 is 0 Å². The molecule has 0 saturated carbocycles. The van der Waals surface area contributed by atoms with Crippen LogP contribution in [0.15, 0.2) is 42.5 Å². The van der Waals surface area contributed by atoms with Crippen molar-refractivity contribution in [1.82, 2.24) is 0 Å². The zero-order valence-corrected chi connectivity index (χ0v) is 12.4. The number of phenols is 1. The molecule has 2 rings (SSSR count). The van der Waals surface area contributed by atoms with Crippen molar-refractivity contribution in [1.29, 1.82) is 0 Å². The molecular weight excluding hydrogens is 282 g/mol. The Bertz CT molecular complexity index is 689. The quantitative estimate of drug-likeness (QED) is 0.912. The van der Waals surface area contributed by atoms with Crippen molar-refractivity contribution >= 4 is 17.7 Å². The molecule has 22 heavy (non-hydrogen) atoms. The molecule has 0 aliphatic carbocycles. The lowest BCUT2D eigenvalue weighted by Crippen LogP contribution is -2.12. The molecule has 0 heterocycles. The van der Waals surface area contributed by atoms with E-state index in [0.29, 0.717) is 11.3 Å². The molecule has 0 radical (unpaired) electrons. The van der Waals surface area contributed by atoms with Gasteiger partial charge in [0.15, 0.2) is 0 Å². The van der Waals surface area contributed by atoms with E-state index in [0.717, 1.165) is 17.5 Å². The smallest absolute Gasteiger partial charge is 0.373 e. The summed E-state index contributed by atoms with van der Waals surface area (Å²) >= 11 is 0. The molecule has 0 fully saturated rings. The first-order valence-corrected chi connectivity index (χ1v) is 6.70. The first kappa shape index (κ1) is 17.1. The van der Waals surface area contributed by atoms with Crippen LogP contribution >= 0.6 is 0 Å². The van der Waals surface area contributed by atoms with Gasteiger partial charge in [-0.15, -0.1) is 0 Å². The van der Waals surface area contributed by atoms with Gasteiger partial charge in [0.05, 0.1) is 0 Å². The van der Waals surface area contributed by atoms with Crippen LogP contribution in [0, 0.1) is 6.92 Å². The van der Waals surface area contributed by atoms with E-state index in [4.69, 9.17) is 9.59 Å². The molecule has 0 bridgehead atoms. The fraction of sp³-hybridized carbons (Fsp3) is 0.176. The number of hydrogen-bond donors (Lipinski definition) is 2. The second-order valence-corrected chi connectivity index (χ2v) is 4.65. The molecule has 0 aromatic heterocycles. The van der Waals surface area contributed by atoms with Gasteiger partial charge in [0.1, 0.15) is 5.75 Å². The average molecular weight is 299 g/mol. The van der Waals surface area contributed by atoms with Crippen molar-refractivity contribution in [3.8, 4) is 5.75 Å². The van der Waals surface area contributed by atoms with Crippen molar-refractivity contribution in [2.75, 3.05) is 5.32 Å². The SMILES string of the molecule is CCc1cc(O)cc(NC(=O)c2cccc(C)c2)c1.O=C=O. The molecule has 1 amide bonds. The molecule has 0 unspecified atom stereocenters. The molecule has 5 nitrogen and oxygen atoms in total. The van der Waals surface area contributed by atoms with E-state index in [2.05, 4.69) is 5.32 Å². The van der Waals surface area contributed by atoms with Crippen LogP contribution in [0.5, 0.6) is 5.75 Å². The maximum absolute atomic E-state index is 12.1. The Kier molecular flexibility index (Phi) is 6.54. The number of amides is 1. The predicted molar refractivity (Wildman–Crippen MR) is 81.6 cm³/mol. The molecule has 114 valence electrons. The Morgan fingerprint density at radius 3 is 2.45 bits per heavy atom. The van der Waals surface area contributed by atoms with Crippen LogP contribution in [0.2, 0.25) is 0 Å². The molecule has 0 saturated heterocycles. The van der Waals surface area contributed by atoms with E-state index in [-0.39, 0.29) is 17.8 Å². The Morgan fingerprint density at radius 2 is 1.86 bits per heavy atom. The summed E-state index contributed by atoms with van der Waals surface area (Å²) in [4.78, 5) is 28.3. The number of benzene rings is 2. The largest absolute Gasteiger partial charge is 0.508 e. The summed E-state index contributed by atoms with van der Waals surface area (Å²) in [6.07, 6.45) is 1.06. The minimum atomic E-state index is -0.170. The van der Waals surface area contributed by atoms with Crippen LogP contribution in [-0.4, -0.2) is 17.2 Å². The number of carbonyl (C=O) groups excluding carboxylic acids is 3. The molecule has 2 aromatic rings. The summed E-state index contributed by atoms with van der Waals surface area (Å²) in [7, 11) is 0. The maximum atomic E-state index is 12.1. The molecule has 5 heteroatoms. The van der Waals surface area contributed by atoms with Crippen LogP contribution in [-0.2, 0) is 16.0 Å². The third-order valence-corrected chi connectivity index (χ3v) is 2.92. The van der Waals surface area contributed by atoms with Gasteiger partial charge < -0.3 is 10.4 Å². The zero-order chi connectivity index (χ0) is 16.5. The summed E-state index contributed by atoms with van der Waals surface area (Å²) in [6, 6.07) is 12.5. The summed E-state index contributed by atoms with van der Waals surface area (Å²) in [6.45, 7) is 3.95. The van der Waals surface area contributed by atoms with Crippen LogP contribution in [0.4, 0.5) is 5.69 Å². The van der Waals surface area contributed by atoms with Crippen molar-refractivity contribution < 1.29 is 19.5 Å². The first-order valence-electron chi connectivity index (χ1n) is 6.70. The highest BCUT2D eigenvalue weighted by Gasteiger charge is 2.07. The van der Waals surface area contributed by atoms with Gasteiger partial charge in [-0.25, -0.2) is 0 Å². The normalized spacial score (nSPS) is 9.18. The fourth-order valence-corrected chi connectivity index (χ4v) is 1.94. The van der Waals surface area contributed by atoms with Crippen LogP contribution in [0.3, 0.4) is 0 Å². The molecule has 0 atom stereocenters. The van der Waals surface area contributed by atoms with E-state index in [9.17, 15) is 9.90 Å². The van der Waals surface area contributed by atoms with Crippen LogP contribution < -0.4 is 5.32 Å². The monoisotopic (exact) mass is 299 g/mol. The van der Waals surface area contributed by atoms with Crippen molar-refractivity contribution in [3.63, 3.8) is 0 Å². The number of aryl methyl sites for hydroxylation is 2. The molecule has 2 aromatic carbocycles. The molecule has 2 N–H and O–H groups in total. The van der Waals surface area contributed by atoms with Crippen molar-refractivity contribution in [2.24, 2.45) is 0 Å². The number of aromatic hydroxyl groups is 1. The molecular formula is C17H17NO4. The average Bonchev–Trinajstić information content (AvgIpc) is 2.47. The van der Waals surface area contributed by atoms with Crippen LogP contribution in [0.1, 0.15) is 28.4 Å². The number of anilines is 1. The van der Waals surface area contributed by atoms with Crippen molar-refractivity contribution in [3.05, 3.63) is 59.2 Å². The van der Waals surface area contributed by atoms with Gasteiger partial charge >= 0.3 is 6.15 Å². The van der Waals surface area contributed by atoms with Gasteiger partial charge in [-0.3, -0.25) is 4.79 Å². The summed E-state index contributed by atoms with van der Waals surface area (Å²) in [5, 5.41) is 12.4. The minimum Gasteiger partial charge on any atom is -0.508 e. The molecule has 0 aliphatic rings. The highest BCUT2D eigenvalue weighted by molar-refractivity contribution is 6.04. The highest BCUT2D eigenvalue weighted by atomic mass is 16.3. The number of rotatable bonds is 3. The minimum absolute atomic E-state index is 0.166. The summed E-state index contributed by atoms with van der Waals surface area (Å²) in [5.41, 5.74) is 3.25. The highest BCUT2D eigenvalue weighted by Crippen LogP contribution is 2.21.